The highest BCUT2D eigenvalue weighted by Crippen LogP contribution is 2.27. The van der Waals surface area contributed by atoms with E-state index in [0.717, 1.165) is 31.5 Å². The molecule has 0 saturated heterocycles. The molecule has 90 valence electrons. The SMILES string of the molecule is NCCCc1n[nH]c(=O)n1C1CCCCC1. The maximum Gasteiger partial charge on any atom is 0.343 e. The number of hydrogen-bond donors (Lipinski definition) is 2. The van der Waals surface area contributed by atoms with Crippen LogP contribution in [0.15, 0.2) is 4.79 Å². The summed E-state index contributed by atoms with van der Waals surface area (Å²) in [6, 6.07) is 0.354. The molecular weight excluding hydrogens is 204 g/mol. The minimum absolute atomic E-state index is 0.0566. The van der Waals surface area contributed by atoms with Crippen LogP contribution in [0.4, 0.5) is 0 Å². The molecule has 5 nitrogen and oxygen atoms in total. The van der Waals surface area contributed by atoms with Crippen LogP contribution in [0.2, 0.25) is 0 Å². The number of nitrogens with two attached hydrogens (primary N) is 1. The number of aromatic nitrogens is 3. The van der Waals surface area contributed by atoms with Crippen LogP contribution in [0, 0.1) is 0 Å². The predicted molar refractivity (Wildman–Crippen MR) is 62.3 cm³/mol. The lowest BCUT2D eigenvalue weighted by Crippen LogP contribution is -2.26. The molecule has 1 heterocycles. The van der Waals surface area contributed by atoms with Crippen LogP contribution < -0.4 is 11.4 Å². The molecule has 1 aliphatic carbocycles. The molecule has 1 saturated carbocycles. The lowest BCUT2D eigenvalue weighted by atomic mass is 9.95. The van der Waals surface area contributed by atoms with Crippen LogP contribution in [0.25, 0.3) is 0 Å². The molecular formula is C11H20N4O. The maximum atomic E-state index is 11.7. The third kappa shape index (κ3) is 2.35. The van der Waals surface area contributed by atoms with Crippen molar-refractivity contribution in [1.29, 1.82) is 0 Å². The molecule has 0 spiro atoms. The average Bonchev–Trinajstić information content (AvgIpc) is 2.69. The van der Waals surface area contributed by atoms with Gasteiger partial charge in [0, 0.05) is 12.5 Å². The number of H-pyrrole nitrogens is 1. The molecule has 5 heteroatoms. The van der Waals surface area contributed by atoms with Crippen molar-refractivity contribution in [2.75, 3.05) is 6.54 Å². The maximum absolute atomic E-state index is 11.7. The van der Waals surface area contributed by atoms with Gasteiger partial charge >= 0.3 is 5.69 Å². The van der Waals surface area contributed by atoms with Crippen LogP contribution in [-0.2, 0) is 6.42 Å². The third-order valence-corrected chi connectivity index (χ3v) is 3.32. The van der Waals surface area contributed by atoms with Crippen molar-refractivity contribution >= 4 is 0 Å². The highest BCUT2D eigenvalue weighted by Gasteiger charge is 2.20. The minimum Gasteiger partial charge on any atom is -0.330 e. The highest BCUT2D eigenvalue weighted by molar-refractivity contribution is 4.91. The Balaban J connectivity index is 2.16. The summed E-state index contributed by atoms with van der Waals surface area (Å²) in [7, 11) is 0. The largest absolute Gasteiger partial charge is 0.343 e. The zero-order chi connectivity index (χ0) is 11.4. The van der Waals surface area contributed by atoms with E-state index in [-0.39, 0.29) is 5.69 Å². The normalized spacial score (nSPS) is 17.8. The van der Waals surface area contributed by atoms with Gasteiger partial charge in [-0.25, -0.2) is 9.89 Å². The Bertz CT molecular complexity index is 376. The van der Waals surface area contributed by atoms with Crippen LogP contribution in [0.1, 0.15) is 50.4 Å². The van der Waals surface area contributed by atoms with Crippen molar-refractivity contribution in [3.05, 3.63) is 16.3 Å². The Kier molecular flexibility index (Phi) is 3.77. The van der Waals surface area contributed by atoms with Gasteiger partial charge in [-0.2, -0.15) is 5.10 Å². The monoisotopic (exact) mass is 224 g/mol. The first-order valence-electron chi connectivity index (χ1n) is 6.19. The van der Waals surface area contributed by atoms with Crippen LogP contribution in [-0.4, -0.2) is 21.3 Å². The lowest BCUT2D eigenvalue weighted by Gasteiger charge is -2.23. The zero-order valence-corrected chi connectivity index (χ0v) is 9.61. The van der Waals surface area contributed by atoms with Gasteiger partial charge in [-0.15, -0.1) is 0 Å². The first kappa shape index (κ1) is 11.4. The molecule has 3 N–H and O–H groups in total. The van der Waals surface area contributed by atoms with Crippen molar-refractivity contribution in [3.8, 4) is 0 Å². The Morgan fingerprint density at radius 1 is 1.38 bits per heavy atom. The Morgan fingerprint density at radius 2 is 2.12 bits per heavy atom. The Hall–Kier alpha value is -1.10. The molecule has 0 radical (unpaired) electrons. The Morgan fingerprint density at radius 3 is 2.81 bits per heavy atom. The summed E-state index contributed by atoms with van der Waals surface area (Å²) in [5.41, 5.74) is 5.43. The number of aryl methyl sites for hydroxylation is 1. The fourth-order valence-electron chi connectivity index (χ4n) is 2.49. The van der Waals surface area contributed by atoms with E-state index >= 15 is 0 Å². The average molecular weight is 224 g/mol. The minimum atomic E-state index is -0.0566. The van der Waals surface area contributed by atoms with Crippen LogP contribution in [0.5, 0.6) is 0 Å². The molecule has 0 amide bonds. The smallest absolute Gasteiger partial charge is 0.330 e. The third-order valence-electron chi connectivity index (χ3n) is 3.32. The molecule has 0 atom stereocenters. The molecule has 0 aliphatic heterocycles. The topological polar surface area (TPSA) is 76.7 Å². The Labute approximate surface area is 95.0 Å². The molecule has 1 aromatic rings. The van der Waals surface area contributed by atoms with Gasteiger partial charge in [-0.05, 0) is 25.8 Å². The summed E-state index contributed by atoms with van der Waals surface area (Å²) >= 11 is 0. The van der Waals surface area contributed by atoms with Crippen molar-refractivity contribution in [3.63, 3.8) is 0 Å². The van der Waals surface area contributed by atoms with E-state index in [2.05, 4.69) is 10.2 Å². The van der Waals surface area contributed by atoms with E-state index in [1.807, 2.05) is 4.57 Å². The quantitative estimate of drug-likeness (QED) is 0.800. The van der Waals surface area contributed by atoms with Gasteiger partial charge in [-0.1, -0.05) is 19.3 Å². The fraction of sp³-hybridized carbons (Fsp3) is 0.818. The van der Waals surface area contributed by atoms with Crippen LogP contribution >= 0.6 is 0 Å². The van der Waals surface area contributed by atoms with Gasteiger partial charge in [0.25, 0.3) is 0 Å². The highest BCUT2D eigenvalue weighted by atomic mass is 16.1. The number of rotatable bonds is 4. The first-order chi connectivity index (χ1) is 7.83. The van der Waals surface area contributed by atoms with E-state index in [0.29, 0.717) is 12.6 Å². The predicted octanol–water partition coefficient (Wildman–Crippen LogP) is 0.968. The summed E-state index contributed by atoms with van der Waals surface area (Å²) in [5.74, 6) is 0.877. The number of hydrogen-bond acceptors (Lipinski definition) is 3. The van der Waals surface area contributed by atoms with E-state index in [4.69, 9.17) is 5.73 Å². The second-order valence-corrected chi connectivity index (χ2v) is 4.50. The molecule has 1 aliphatic rings. The van der Waals surface area contributed by atoms with Gasteiger partial charge in [0.15, 0.2) is 0 Å². The van der Waals surface area contributed by atoms with Gasteiger partial charge in [-0.3, -0.25) is 4.57 Å². The zero-order valence-electron chi connectivity index (χ0n) is 9.61. The van der Waals surface area contributed by atoms with Crippen molar-refractivity contribution in [2.45, 2.75) is 51.0 Å². The van der Waals surface area contributed by atoms with E-state index in [1.165, 1.54) is 19.3 Å². The van der Waals surface area contributed by atoms with Gasteiger partial charge < -0.3 is 5.73 Å². The van der Waals surface area contributed by atoms with E-state index < -0.39 is 0 Å². The molecule has 1 aromatic heterocycles. The van der Waals surface area contributed by atoms with Crippen LogP contribution in [0.3, 0.4) is 0 Å². The van der Waals surface area contributed by atoms with E-state index in [9.17, 15) is 4.79 Å². The molecule has 0 unspecified atom stereocenters. The van der Waals surface area contributed by atoms with Crippen molar-refractivity contribution < 1.29 is 0 Å². The summed E-state index contributed by atoms with van der Waals surface area (Å²) in [4.78, 5) is 11.7. The van der Waals surface area contributed by atoms with Crippen molar-refractivity contribution in [2.24, 2.45) is 5.73 Å². The number of aromatic amines is 1. The van der Waals surface area contributed by atoms with E-state index in [1.54, 1.807) is 0 Å². The van der Waals surface area contributed by atoms with Crippen molar-refractivity contribution in [1.82, 2.24) is 14.8 Å². The summed E-state index contributed by atoms with van der Waals surface area (Å²) < 4.78 is 1.86. The lowest BCUT2D eigenvalue weighted by molar-refractivity contribution is 0.339. The van der Waals surface area contributed by atoms with Gasteiger partial charge in [0.2, 0.25) is 0 Å². The summed E-state index contributed by atoms with van der Waals surface area (Å²) in [5, 5.41) is 6.66. The second kappa shape index (κ2) is 5.30. The van der Waals surface area contributed by atoms with Gasteiger partial charge in [0.05, 0.1) is 0 Å². The molecule has 1 fully saturated rings. The first-order valence-corrected chi connectivity index (χ1v) is 6.19. The standard InChI is InChI=1S/C11H20N4O/c12-8-4-7-10-13-14-11(16)15(10)9-5-2-1-3-6-9/h9H,1-8,12H2,(H,14,16). The molecule has 2 rings (SSSR count). The summed E-state index contributed by atoms with van der Waals surface area (Å²) in [6.45, 7) is 0.645. The fourth-order valence-corrected chi connectivity index (χ4v) is 2.49. The summed E-state index contributed by atoms with van der Waals surface area (Å²) in [6.07, 6.45) is 7.63. The molecule has 16 heavy (non-hydrogen) atoms. The molecule has 0 bridgehead atoms. The number of nitrogens with zero attached hydrogens (tertiary/aromatic N) is 2. The molecule has 0 aromatic carbocycles. The van der Waals surface area contributed by atoms with Gasteiger partial charge in [0.1, 0.15) is 5.82 Å². The second-order valence-electron chi connectivity index (χ2n) is 4.50. The number of nitrogens with one attached hydrogen (secondary N) is 1.